The lowest BCUT2D eigenvalue weighted by Gasteiger charge is -2.51. The van der Waals surface area contributed by atoms with Crippen molar-refractivity contribution in [3.63, 3.8) is 0 Å². The lowest BCUT2D eigenvalue weighted by molar-refractivity contribution is -0.156. The second-order valence-electron chi connectivity index (χ2n) is 9.44. The number of carbonyl (C=O) groups is 4. The Morgan fingerprint density at radius 1 is 1.34 bits per heavy atom. The molecular formula is C23H22ClF3N6O8S3. The molecule has 4 rings (SSSR count). The number of thiazole rings is 2. The molecule has 0 aliphatic carbocycles. The maximum atomic E-state index is 13.2. The molecule has 21 heteroatoms. The van der Waals surface area contributed by atoms with Crippen molar-refractivity contribution in [2.75, 3.05) is 12.3 Å². The molecule has 3 unspecified atom stereocenters. The summed E-state index contributed by atoms with van der Waals surface area (Å²) >= 11 is 7.76. The number of fused-ring (bicyclic) bond motifs is 1. The first-order valence-corrected chi connectivity index (χ1v) is 15.2. The van der Waals surface area contributed by atoms with Gasteiger partial charge < -0.3 is 30.8 Å². The number of halogens is 4. The lowest BCUT2D eigenvalue weighted by atomic mass is 9.80. The fraction of sp³-hybridized carbons (Fsp3) is 0.435. The zero-order chi connectivity index (χ0) is 32.5. The van der Waals surface area contributed by atoms with Crippen LogP contribution in [-0.2, 0) is 30.0 Å². The quantitative estimate of drug-likeness (QED) is 0.0919. The van der Waals surface area contributed by atoms with Gasteiger partial charge in [0.25, 0.3) is 11.8 Å². The summed E-state index contributed by atoms with van der Waals surface area (Å²) in [6.45, 7) is 2.94. The molecule has 1 fully saturated rings. The van der Waals surface area contributed by atoms with Gasteiger partial charge in [-0.25, -0.2) is 19.6 Å². The summed E-state index contributed by atoms with van der Waals surface area (Å²) < 4.78 is 49.4. The number of allylic oxidation sites excluding steroid dienone is 1. The van der Waals surface area contributed by atoms with Gasteiger partial charge in [0.2, 0.25) is 0 Å². The van der Waals surface area contributed by atoms with E-state index in [1.807, 2.05) is 0 Å². The van der Waals surface area contributed by atoms with E-state index < -0.39 is 70.5 Å². The number of ether oxygens (including phenoxy) is 2. The SMILES string of the molecule is CC(C)OC(=O)OCCC1CC2C(NC(=O)/C(=N\O)c3nc(N)sc3Cl)C(=O)N2C(C(=O)O)=C1Sc1ncc(C(F)(F)F)s1. The molecule has 2 aliphatic rings. The summed E-state index contributed by atoms with van der Waals surface area (Å²) in [6, 6.07) is -2.23. The molecule has 4 heterocycles. The zero-order valence-electron chi connectivity index (χ0n) is 22.5. The number of rotatable bonds is 10. The Bertz CT molecular complexity index is 1540. The van der Waals surface area contributed by atoms with Crippen molar-refractivity contribution >= 4 is 80.8 Å². The third-order valence-corrected chi connectivity index (χ3v) is 9.65. The highest BCUT2D eigenvalue weighted by molar-refractivity contribution is 8.04. The van der Waals surface area contributed by atoms with Gasteiger partial charge in [-0.1, -0.05) is 39.9 Å². The van der Waals surface area contributed by atoms with E-state index in [1.54, 1.807) is 13.8 Å². The first-order valence-electron chi connectivity index (χ1n) is 12.4. The van der Waals surface area contributed by atoms with Crippen LogP contribution in [0.5, 0.6) is 0 Å². The second kappa shape index (κ2) is 13.2. The number of carboxylic acids is 1. The van der Waals surface area contributed by atoms with Crippen LogP contribution >= 0.6 is 46.0 Å². The van der Waals surface area contributed by atoms with Crippen LogP contribution in [0.2, 0.25) is 4.34 Å². The van der Waals surface area contributed by atoms with Crippen LogP contribution in [-0.4, -0.2) is 79.6 Å². The number of carbonyl (C=O) groups excluding carboxylic acids is 3. The minimum Gasteiger partial charge on any atom is -0.477 e. The number of anilines is 1. The highest BCUT2D eigenvalue weighted by Crippen LogP contribution is 2.49. The number of nitrogens with one attached hydrogen (secondary N) is 1. The van der Waals surface area contributed by atoms with Crippen molar-refractivity contribution < 1.29 is 52.1 Å². The lowest BCUT2D eigenvalue weighted by Crippen LogP contribution is -2.72. The Kier molecular flexibility index (Phi) is 9.96. The first kappa shape index (κ1) is 33.3. The normalized spacial score (nSPS) is 20.3. The summed E-state index contributed by atoms with van der Waals surface area (Å²) in [5.74, 6) is -4.23. The Hall–Kier alpha value is -3.62. The second-order valence-corrected chi connectivity index (χ2v) is 13.4. The first-order chi connectivity index (χ1) is 20.6. The molecule has 2 aromatic rings. The topological polar surface area (TPSA) is 207 Å². The Morgan fingerprint density at radius 2 is 2.05 bits per heavy atom. The van der Waals surface area contributed by atoms with E-state index >= 15 is 0 Å². The van der Waals surface area contributed by atoms with Gasteiger partial charge in [-0.05, 0) is 32.6 Å². The number of β-lactam (4-membered cyclic amide) rings is 1. The third-order valence-electron chi connectivity index (χ3n) is 6.20. The molecule has 0 radical (unpaired) electrons. The number of nitrogen functional groups attached to an aromatic ring is 1. The number of nitrogens with two attached hydrogens (primary N) is 1. The number of thioether (sulfide) groups is 1. The molecule has 238 valence electrons. The average molecular weight is 699 g/mol. The number of carboxylic acid groups (broad SMARTS) is 1. The molecule has 2 aromatic heterocycles. The van der Waals surface area contributed by atoms with Crippen molar-refractivity contribution in [2.24, 2.45) is 11.1 Å². The van der Waals surface area contributed by atoms with Crippen molar-refractivity contribution in [1.82, 2.24) is 20.2 Å². The number of oxime groups is 1. The summed E-state index contributed by atoms with van der Waals surface area (Å²) in [6.07, 6.45) is -5.53. The number of aliphatic carboxylic acids is 1. The van der Waals surface area contributed by atoms with Crippen LogP contribution in [0.15, 0.2) is 26.3 Å². The van der Waals surface area contributed by atoms with Crippen molar-refractivity contribution in [1.29, 1.82) is 0 Å². The highest BCUT2D eigenvalue weighted by Gasteiger charge is 2.56. The zero-order valence-corrected chi connectivity index (χ0v) is 25.7. The fourth-order valence-electron chi connectivity index (χ4n) is 4.43. The van der Waals surface area contributed by atoms with E-state index in [-0.39, 0.29) is 43.9 Å². The van der Waals surface area contributed by atoms with E-state index in [4.69, 9.17) is 26.8 Å². The average Bonchev–Trinajstić information content (AvgIpc) is 3.53. The smallest absolute Gasteiger partial charge is 0.477 e. The summed E-state index contributed by atoms with van der Waals surface area (Å²) in [5.41, 5.74) is 4.18. The number of amides is 2. The monoisotopic (exact) mass is 698 g/mol. The van der Waals surface area contributed by atoms with Gasteiger partial charge in [-0.15, -0.1) is 11.3 Å². The molecule has 2 amide bonds. The number of hydrogen-bond acceptors (Lipinski definition) is 14. The summed E-state index contributed by atoms with van der Waals surface area (Å²) in [7, 11) is 0. The molecule has 2 aliphatic heterocycles. The maximum absolute atomic E-state index is 13.2. The van der Waals surface area contributed by atoms with Crippen LogP contribution in [0.4, 0.5) is 23.1 Å². The highest BCUT2D eigenvalue weighted by atomic mass is 35.5. The Labute approximate surface area is 263 Å². The minimum absolute atomic E-state index is 0.00585. The number of alkyl halides is 3. The summed E-state index contributed by atoms with van der Waals surface area (Å²) in [4.78, 5) is 58.1. The Balaban J connectivity index is 1.62. The van der Waals surface area contributed by atoms with E-state index in [9.17, 15) is 42.7 Å². The van der Waals surface area contributed by atoms with Crippen molar-refractivity contribution in [3.05, 3.63) is 31.7 Å². The van der Waals surface area contributed by atoms with Crippen LogP contribution < -0.4 is 11.1 Å². The third kappa shape index (κ3) is 7.02. The molecule has 44 heavy (non-hydrogen) atoms. The van der Waals surface area contributed by atoms with E-state index in [0.29, 0.717) is 29.3 Å². The standard InChI is InChI=1S/C23H22ClF3N6O8S3/c1-7(2)41-22(38)40-4-3-8-5-9-11(30-17(34)13(32-39)12-16(24)44-20(28)31-12)18(35)33(9)14(19(36)37)15(8)43-21-29-6-10(42-21)23(25,26)27/h6-9,11,39H,3-5H2,1-2H3,(H2,28,31)(H,30,34)(H,36,37)/b32-13-. The Morgan fingerprint density at radius 3 is 2.59 bits per heavy atom. The van der Waals surface area contributed by atoms with Crippen LogP contribution in [0.3, 0.4) is 0 Å². The van der Waals surface area contributed by atoms with Crippen molar-refractivity contribution in [2.45, 2.75) is 55.4 Å². The van der Waals surface area contributed by atoms with Gasteiger partial charge in [-0.3, -0.25) is 14.5 Å². The molecule has 0 aromatic carbocycles. The number of aromatic nitrogens is 2. The van der Waals surface area contributed by atoms with Gasteiger partial charge in [0.15, 0.2) is 15.2 Å². The number of nitrogens with zero attached hydrogens (tertiary/aromatic N) is 4. The van der Waals surface area contributed by atoms with E-state index in [0.717, 1.165) is 16.2 Å². The molecule has 0 saturated carbocycles. The molecule has 0 spiro atoms. The molecule has 3 atom stereocenters. The largest absolute Gasteiger partial charge is 0.508 e. The maximum Gasteiger partial charge on any atom is 0.508 e. The van der Waals surface area contributed by atoms with Crippen LogP contribution in [0, 0.1) is 5.92 Å². The van der Waals surface area contributed by atoms with Gasteiger partial charge in [0.05, 0.1) is 24.9 Å². The molecular weight excluding hydrogens is 677 g/mol. The molecule has 0 bridgehead atoms. The molecule has 5 N–H and O–H groups in total. The number of hydrogen-bond donors (Lipinski definition) is 4. The van der Waals surface area contributed by atoms with Gasteiger partial charge in [0.1, 0.15) is 26.6 Å². The van der Waals surface area contributed by atoms with Gasteiger partial charge >= 0.3 is 18.3 Å². The summed E-state index contributed by atoms with van der Waals surface area (Å²) in [5, 5.41) is 24.9. The van der Waals surface area contributed by atoms with Gasteiger partial charge in [-0.2, -0.15) is 13.2 Å². The van der Waals surface area contributed by atoms with Crippen LogP contribution in [0.1, 0.15) is 37.3 Å². The van der Waals surface area contributed by atoms with Gasteiger partial charge in [0, 0.05) is 4.91 Å². The van der Waals surface area contributed by atoms with Crippen LogP contribution in [0.25, 0.3) is 0 Å². The van der Waals surface area contributed by atoms with E-state index in [2.05, 4.69) is 20.4 Å². The van der Waals surface area contributed by atoms with Crippen molar-refractivity contribution in [3.8, 4) is 0 Å². The predicted octanol–water partition coefficient (Wildman–Crippen LogP) is 3.79. The molecule has 14 nitrogen and oxygen atoms in total. The fourth-order valence-corrected chi connectivity index (χ4v) is 7.54. The van der Waals surface area contributed by atoms with E-state index in [1.165, 1.54) is 0 Å². The molecule has 1 saturated heterocycles. The predicted molar refractivity (Wildman–Crippen MR) is 150 cm³/mol. The minimum atomic E-state index is -4.67.